The molecule has 2 N–H and O–H groups in total. The van der Waals surface area contributed by atoms with Gasteiger partial charge in [0.05, 0.1) is 4.90 Å². The number of rotatable bonds is 7. The Bertz CT molecular complexity index is 1420. The van der Waals surface area contributed by atoms with Crippen molar-refractivity contribution in [1.82, 2.24) is 14.7 Å². The lowest BCUT2D eigenvalue weighted by molar-refractivity contribution is -0.117. The highest BCUT2D eigenvalue weighted by Gasteiger charge is 2.44. The van der Waals surface area contributed by atoms with Gasteiger partial charge < -0.3 is 5.32 Å². The molecule has 0 bridgehead atoms. The molecule has 1 amide bonds. The third-order valence-corrected chi connectivity index (χ3v) is 7.22. The van der Waals surface area contributed by atoms with Gasteiger partial charge in [-0.15, -0.1) is 0 Å². The first-order valence-corrected chi connectivity index (χ1v) is 12.1. The van der Waals surface area contributed by atoms with Crippen molar-refractivity contribution < 1.29 is 13.2 Å². The van der Waals surface area contributed by atoms with Gasteiger partial charge in [0.1, 0.15) is 0 Å². The number of pyridine rings is 2. The topological polar surface area (TPSA) is 101 Å². The highest BCUT2D eigenvalue weighted by atomic mass is 32.2. The van der Waals surface area contributed by atoms with Crippen molar-refractivity contribution in [2.45, 2.75) is 23.8 Å². The van der Waals surface area contributed by atoms with Gasteiger partial charge in [0.2, 0.25) is 15.9 Å². The molecule has 1 saturated carbocycles. The molecule has 7 nitrogen and oxygen atoms in total. The summed E-state index contributed by atoms with van der Waals surface area (Å²) in [6, 6.07) is 18.0. The number of carbonyl (C=O) groups is 1. The molecule has 2 aromatic carbocycles. The fourth-order valence-corrected chi connectivity index (χ4v) is 5.00. The van der Waals surface area contributed by atoms with Crippen LogP contribution in [0.25, 0.3) is 10.8 Å². The number of carbonyl (C=O) groups excluding carboxylic acids is 1. The molecule has 0 radical (unpaired) electrons. The zero-order valence-corrected chi connectivity index (χ0v) is 18.5. The Morgan fingerprint density at radius 1 is 0.939 bits per heavy atom. The smallest absolute Gasteiger partial charge is 0.240 e. The summed E-state index contributed by atoms with van der Waals surface area (Å²) in [5.41, 5.74) is 2.37. The Kier molecular flexibility index (Phi) is 5.62. The molecule has 0 saturated heterocycles. The van der Waals surface area contributed by atoms with Crippen molar-refractivity contribution in [3.63, 3.8) is 0 Å². The van der Waals surface area contributed by atoms with Gasteiger partial charge in [0, 0.05) is 48.3 Å². The molecule has 1 aliphatic carbocycles. The zero-order chi connectivity index (χ0) is 22.8. The van der Waals surface area contributed by atoms with Gasteiger partial charge >= 0.3 is 0 Å². The van der Waals surface area contributed by atoms with Crippen molar-refractivity contribution in [2.24, 2.45) is 5.92 Å². The number of anilines is 1. The number of hydrogen-bond donors (Lipinski definition) is 2. The molecule has 0 aliphatic heterocycles. The second kappa shape index (κ2) is 8.73. The Morgan fingerprint density at radius 2 is 1.82 bits per heavy atom. The average Bonchev–Trinajstić information content (AvgIpc) is 3.65. The lowest BCUT2D eigenvalue weighted by Gasteiger charge is -2.09. The molecule has 2 atom stereocenters. The van der Waals surface area contributed by atoms with E-state index in [1.165, 1.54) is 0 Å². The standard InChI is InChI=1S/C25H22N4O3S/c30-25(29-21-7-6-20-16-27-10-8-18(20)11-21)24-13-23(24)19-4-1-5-22(12-19)33(31,32)28-15-17-3-2-9-26-14-17/h1-12,14,16,23-24,28H,13,15H2,(H,29,30)/t23-,24+/m0/s1. The summed E-state index contributed by atoms with van der Waals surface area (Å²) < 4.78 is 28.1. The third-order valence-electron chi connectivity index (χ3n) is 5.82. The van der Waals surface area contributed by atoms with E-state index in [9.17, 15) is 13.2 Å². The Labute approximate surface area is 192 Å². The normalized spacial score (nSPS) is 17.6. The maximum absolute atomic E-state index is 12.8. The van der Waals surface area contributed by atoms with Crippen LogP contribution in [0.4, 0.5) is 5.69 Å². The number of nitrogens with zero attached hydrogens (tertiary/aromatic N) is 2. The van der Waals surface area contributed by atoms with Crippen LogP contribution in [0.5, 0.6) is 0 Å². The molecule has 0 spiro atoms. The number of amides is 1. The van der Waals surface area contributed by atoms with Crippen LogP contribution in [-0.2, 0) is 21.4 Å². The summed E-state index contributed by atoms with van der Waals surface area (Å²) in [6.07, 6.45) is 7.46. The van der Waals surface area contributed by atoms with E-state index in [1.54, 1.807) is 49.1 Å². The van der Waals surface area contributed by atoms with E-state index in [1.807, 2.05) is 36.4 Å². The Balaban J connectivity index is 1.25. The van der Waals surface area contributed by atoms with E-state index in [2.05, 4.69) is 20.0 Å². The SMILES string of the molecule is O=C(Nc1ccc2cnccc2c1)[C@@H]1C[C@H]1c1cccc(S(=O)(=O)NCc2cccnc2)c1. The van der Waals surface area contributed by atoms with Crippen molar-refractivity contribution in [3.05, 3.63) is 96.6 Å². The fourth-order valence-electron chi connectivity index (χ4n) is 3.93. The summed E-state index contributed by atoms with van der Waals surface area (Å²) in [4.78, 5) is 21.1. The molecule has 0 unspecified atom stereocenters. The molecule has 33 heavy (non-hydrogen) atoms. The largest absolute Gasteiger partial charge is 0.326 e. The zero-order valence-electron chi connectivity index (χ0n) is 17.7. The number of aromatic nitrogens is 2. The lowest BCUT2D eigenvalue weighted by atomic mass is 10.1. The quantitative estimate of drug-likeness (QED) is 0.438. The second-order valence-electron chi connectivity index (χ2n) is 8.13. The maximum atomic E-state index is 12.8. The van der Waals surface area contributed by atoms with Crippen LogP contribution in [0.15, 0.2) is 90.3 Å². The minimum absolute atomic E-state index is 0.00290. The minimum Gasteiger partial charge on any atom is -0.326 e. The lowest BCUT2D eigenvalue weighted by Crippen LogP contribution is -2.23. The summed E-state index contributed by atoms with van der Waals surface area (Å²) in [6.45, 7) is 0.163. The Hall–Kier alpha value is -3.62. The van der Waals surface area contributed by atoms with Crippen LogP contribution in [0, 0.1) is 5.92 Å². The van der Waals surface area contributed by atoms with E-state index < -0.39 is 10.0 Å². The number of sulfonamides is 1. The summed E-state index contributed by atoms with van der Waals surface area (Å²) in [5, 5.41) is 5.00. The Morgan fingerprint density at radius 3 is 2.67 bits per heavy atom. The minimum atomic E-state index is -3.68. The van der Waals surface area contributed by atoms with Crippen LogP contribution >= 0.6 is 0 Å². The molecule has 5 rings (SSSR count). The monoisotopic (exact) mass is 458 g/mol. The summed E-state index contributed by atoms with van der Waals surface area (Å²) >= 11 is 0. The van der Waals surface area contributed by atoms with Crippen LogP contribution < -0.4 is 10.0 Å². The first-order valence-electron chi connectivity index (χ1n) is 10.6. The van der Waals surface area contributed by atoms with E-state index in [-0.39, 0.29) is 29.2 Å². The van der Waals surface area contributed by atoms with Crippen LogP contribution in [0.1, 0.15) is 23.5 Å². The number of fused-ring (bicyclic) bond motifs is 1. The predicted octanol–water partition coefficient (Wildman–Crippen LogP) is 3.85. The van der Waals surface area contributed by atoms with Crippen LogP contribution in [-0.4, -0.2) is 24.3 Å². The summed E-state index contributed by atoms with van der Waals surface area (Å²) in [7, 11) is -3.68. The number of nitrogens with one attached hydrogen (secondary N) is 2. The fraction of sp³-hybridized carbons (Fsp3) is 0.160. The molecule has 1 fully saturated rings. The highest BCUT2D eigenvalue weighted by Crippen LogP contribution is 2.48. The molecular formula is C25H22N4O3S. The molecule has 4 aromatic rings. The van der Waals surface area contributed by atoms with Crippen molar-refractivity contribution in [3.8, 4) is 0 Å². The van der Waals surface area contributed by atoms with Gasteiger partial charge in [-0.05, 0) is 65.3 Å². The van der Waals surface area contributed by atoms with Crippen LogP contribution in [0.3, 0.4) is 0 Å². The van der Waals surface area contributed by atoms with Crippen molar-refractivity contribution in [1.29, 1.82) is 0 Å². The van der Waals surface area contributed by atoms with Gasteiger partial charge in [-0.1, -0.05) is 24.3 Å². The number of benzene rings is 2. The molecular weight excluding hydrogens is 436 g/mol. The maximum Gasteiger partial charge on any atom is 0.240 e. The van der Waals surface area contributed by atoms with Gasteiger partial charge in [0.25, 0.3) is 0 Å². The van der Waals surface area contributed by atoms with Gasteiger partial charge in [-0.3, -0.25) is 14.8 Å². The number of hydrogen-bond acceptors (Lipinski definition) is 5. The average molecular weight is 459 g/mol. The van der Waals surface area contributed by atoms with E-state index in [0.29, 0.717) is 6.42 Å². The highest BCUT2D eigenvalue weighted by molar-refractivity contribution is 7.89. The van der Waals surface area contributed by atoms with Crippen LogP contribution in [0.2, 0.25) is 0 Å². The first-order chi connectivity index (χ1) is 16.0. The van der Waals surface area contributed by atoms with E-state index in [0.717, 1.165) is 27.6 Å². The second-order valence-corrected chi connectivity index (χ2v) is 9.90. The van der Waals surface area contributed by atoms with E-state index in [4.69, 9.17) is 0 Å². The first kappa shape index (κ1) is 21.2. The third kappa shape index (κ3) is 4.76. The molecule has 2 heterocycles. The molecule has 1 aliphatic rings. The van der Waals surface area contributed by atoms with Crippen molar-refractivity contribution >= 4 is 32.4 Å². The summed E-state index contributed by atoms with van der Waals surface area (Å²) in [5.74, 6) is -0.237. The van der Waals surface area contributed by atoms with E-state index >= 15 is 0 Å². The van der Waals surface area contributed by atoms with Crippen molar-refractivity contribution in [2.75, 3.05) is 5.32 Å². The molecule has 2 aromatic heterocycles. The molecule has 166 valence electrons. The van der Waals surface area contributed by atoms with Gasteiger partial charge in [0.15, 0.2) is 0 Å². The predicted molar refractivity (Wildman–Crippen MR) is 126 cm³/mol. The van der Waals surface area contributed by atoms with Gasteiger partial charge in [-0.2, -0.15) is 0 Å². The van der Waals surface area contributed by atoms with Gasteiger partial charge in [-0.25, -0.2) is 13.1 Å². The molecule has 8 heteroatoms.